The van der Waals surface area contributed by atoms with Crippen LogP contribution in [0.3, 0.4) is 0 Å². The second-order valence-corrected chi connectivity index (χ2v) is 16.9. The highest BCUT2D eigenvalue weighted by Crippen LogP contribution is 2.44. The van der Waals surface area contributed by atoms with Gasteiger partial charge in [0.05, 0.1) is 47.1 Å². The molecule has 5 fully saturated rings. The molecule has 7 heterocycles. The van der Waals surface area contributed by atoms with Gasteiger partial charge in [0, 0.05) is 83.0 Å². The number of benzene rings is 1. The first kappa shape index (κ1) is 37.1. The van der Waals surface area contributed by atoms with E-state index in [1.807, 2.05) is 19.3 Å². The quantitative estimate of drug-likeness (QED) is 0.245. The Balaban J connectivity index is 0.771. The standard InChI is InChI=1S/C41H48N10O6/c1-46-20-25(18-44-46)15-32-36(37(42)54)43-19-35(45-32)48-11-2-3-28(24-48)50-14-10-41(40(50)57)8-12-47(13-9-41)21-26-22-49(23-26)27-4-6-30-31(16-27)39(56)51(38(30)55)33-7-5-29(52)17-34(33)53/h4,6,16,18-20,26,28,33H,2-3,5,7-15,17,21-24H2,1H3,(H2,42,54). The number of Topliss-reactive ketones (excluding diaryl/α,β-unsaturated/α-hetero) is 2. The Morgan fingerprint density at radius 2 is 1.68 bits per heavy atom. The zero-order valence-corrected chi connectivity index (χ0v) is 32.3. The molecule has 2 aromatic heterocycles. The third-order valence-corrected chi connectivity index (χ3v) is 13.2. The number of nitrogens with two attached hydrogens (primary N) is 1. The van der Waals surface area contributed by atoms with Crippen LogP contribution in [0.15, 0.2) is 36.8 Å². The summed E-state index contributed by atoms with van der Waals surface area (Å²) in [6.45, 7) is 6.59. The Morgan fingerprint density at radius 1 is 0.912 bits per heavy atom. The molecular formula is C41H48N10O6. The van der Waals surface area contributed by atoms with Gasteiger partial charge < -0.3 is 25.3 Å². The van der Waals surface area contributed by atoms with Gasteiger partial charge in [-0.2, -0.15) is 5.10 Å². The zero-order chi connectivity index (χ0) is 39.6. The van der Waals surface area contributed by atoms with Gasteiger partial charge in [0.2, 0.25) is 5.91 Å². The first-order valence-corrected chi connectivity index (χ1v) is 20.2. The van der Waals surface area contributed by atoms with Crippen molar-refractivity contribution in [3.05, 3.63) is 64.9 Å². The molecule has 57 heavy (non-hydrogen) atoms. The smallest absolute Gasteiger partial charge is 0.269 e. The van der Waals surface area contributed by atoms with Crippen molar-refractivity contribution in [2.75, 3.05) is 62.2 Å². The van der Waals surface area contributed by atoms with Gasteiger partial charge in [-0.3, -0.25) is 38.3 Å². The number of aromatic nitrogens is 4. The number of carbonyl (C=O) groups is 6. The molecule has 1 aromatic carbocycles. The number of aryl methyl sites for hydroxylation is 1. The number of amides is 4. The van der Waals surface area contributed by atoms with Crippen LogP contribution < -0.4 is 15.5 Å². The van der Waals surface area contributed by atoms with Gasteiger partial charge in [-0.1, -0.05) is 0 Å². The minimum atomic E-state index is -0.871. The maximum Gasteiger partial charge on any atom is 0.269 e. The highest BCUT2D eigenvalue weighted by atomic mass is 16.2. The lowest BCUT2D eigenvalue weighted by Crippen LogP contribution is -2.54. The van der Waals surface area contributed by atoms with Gasteiger partial charge in [0.25, 0.3) is 17.7 Å². The third kappa shape index (κ3) is 6.76. The lowest BCUT2D eigenvalue weighted by Gasteiger charge is -2.46. The molecule has 2 N–H and O–H groups in total. The van der Waals surface area contributed by atoms with Crippen molar-refractivity contribution >= 4 is 46.7 Å². The summed E-state index contributed by atoms with van der Waals surface area (Å²) in [6.07, 6.45) is 10.2. The molecule has 1 aliphatic carbocycles. The first-order chi connectivity index (χ1) is 27.5. The van der Waals surface area contributed by atoms with E-state index in [1.165, 1.54) is 0 Å². The lowest BCUT2D eigenvalue weighted by atomic mass is 9.76. The Kier molecular flexibility index (Phi) is 9.41. The molecule has 298 valence electrons. The van der Waals surface area contributed by atoms with Crippen LogP contribution in [-0.4, -0.2) is 134 Å². The van der Waals surface area contributed by atoms with E-state index in [4.69, 9.17) is 10.7 Å². The van der Waals surface area contributed by atoms with Crippen LogP contribution in [-0.2, 0) is 27.9 Å². The molecular weight excluding hydrogens is 729 g/mol. The maximum absolute atomic E-state index is 14.2. The molecule has 6 aliphatic rings. The van der Waals surface area contributed by atoms with Crippen molar-refractivity contribution < 1.29 is 28.8 Å². The third-order valence-electron chi connectivity index (χ3n) is 13.2. The second-order valence-electron chi connectivity index (χ2n) is 16.9. The monoisotopic (exact) mass is 776 g/mol. The summed E-state index contributed by atoms with van der Waals surface area (Å²) < 4.78 is 1.70. The SMILES string of the molecule is Cn1cc(Cc2nc(N3CCCC(N4CCC5(CCN(CC6CN(c7ccc8c(c7)C(=O)N(C7CCC(=O)CC7=O)C8=O)C6)CC5)C4=O)C3)cnc2C(N)=O)cn1. The van der Waals surface area contributed by atoms with Crippen molar-refractivity contribution in [1.82, 2.24) is 34.4 Å². The summed E-state index contributed by atoms with van der Waals surface area (Å²) in [5.74, 6) is -0.630. The van der Waals surface area contributed by atoms with E-state index in [1.54, 1.807) is 29.2 Å². The van der Waals surface area contributed by atoms with E-state index >= 15 is 0 Å². The summed E-state index contributed by atoms with van der Waals surface area (Å²) in [4.78, 5) is 96.5. The molecule has 16 heteroatoms. The average Bonchev–Trinajstić information content (AvgIpc) is 3.82. The van der Waals surface area contributed by atoms with Crippen LogP contribution in [0.5, 0.6) is 0 Å². The molecule has 0 bridgehead atoms. The summed E-state index contributed by atoms with van der Waals surface area (Å²) in [7, 11) is 1.84. The number of fused-ring (bicyclic) bond motifs is 1. The molecule has 1 spiro atoms. The Labute approximate surface area is 330 Å². The van der Waals surface area contributed by atoms with Crippen molar-refractivity contribution in [2.45, 2.75) is 69.9 Å². The minimum absolute atomic E-state index is 0.0835. The predicted octanol–water partition coefficient (Wildman–Crippen LogP) is 1.61. The van der Waals surface area contributed by atoms with E-state index in [9.17, 15) is 28.8 Å². The molecule has 4 amide bonds. The lowest BCUT2D eigenvalue weighted by molar-refractivity contribution is -0.140. The largest absolute Gasteiger partial charge is 0.371 e. The number of piperidine rings is 2. The van der Waals surface area contributed by atoms with Crippen LogP contribution in [0, 0.1) is 11.3 Å². The highest BCUT2D eigenvalue weighted by Gasteiger charge is 2.51. The van der Waals surface area contributed by atoms with E-state index in [0.717, 1.165) is 94.1 Å². The van der Waals surface area contributed by atoms with Crippen LogP contribution in [0.25, 0.3) is 0 Å². The van der Waals surface area contributed by atoms with Gasteiger partial charge in [-0.25, -0.2) is 9.97 Å². The molecule has 4 saturated heterocycles. The van der Waals surface area contributed by atoms with Gasteiger partial charge in [0.1, 0.15) is 17.3 Å². The molecule has 16 nitrogen and oxygen atoms in total. The molecule has 0 radical (unpaired) electrons. The fourth-order valence-corrected chi connectivity index (χ4v) is 10.0. The fourth-order valence-electron chi connectivity index (χ4n) is 10.0. The number of hydrogen-bond donors (Lipinski definition) is 1. The van der Waals surface area contributed by atoms with Crippen molar-refractivity contribution in [3.8, 4) is 0 Å². The van der Waals surface area contributed by atoms with Crippen molar-refractivity contribution in [2.24, 2.45) is 24.1 Å². The molecule has 2 unspecified atom stereocenters. The van der Waals surface area contributed by atoms with E-state index in [2.05, 4.69) is 29.7 Å². The van der Waals surface area contributed by atoms with Crippen molar-refractivity contribution in [1.29, 1.82) is 0 Å². The van der Waals surface area contributed by atoms with Gasteiger partial charge >= 0.3 is 0 Å². The first-order valence-electron chi connectivity index (χ1n) is 20.2. The van der Waals surface area contributed by atoms with Crippen LogP contribution >= 0.6 is 0 Å². The highest BCUT2D eigenvalue weighted by molar-refractivity contribution is 6.24. The number of hydrogen-bond acceptors (Lipinski definition) is 12. The predicted molar refractivity (Wildman–Crippen MR) is 207 cm³/mol. The Hall–Kier alpha value is -5.51. The van der Waals surface area contributed by atoms with Gasteiger partial charge in [-0.05, 0) is 75.4 Å². The van der Waals surface area contributed by atoms with E-state index in [0.29, 0.717) is 41.5 Å². The van der Waals surface area contributed by atoms with E-state index in [-0.39, 0.29) is 53.9 Å². The van der Waals surface area contributed by atoms with Crippen LogP contribution in [0.4, 0.5) is 11.5 Å². The number of anilines is 2. The zero-order valence-electron chi connectivity index (χ0n) is 32.3. The normalized spacial score (nSPS) is 24.2. The van der Waals surface area contributed by atoms with Crippen molar-refractivity contribution in [3.63, 3.8) is 0 Å². The average molecular weight is 777 g/mol. The fraction of sp³-hybridized carbons (Fsp3) is 0.537. The summed E-state index contributed by atoms with van der Waals surface area (Å²) >= 11 is 0. The number of rotatable bonds is 9. The topological polar surface area (TPSA) is 188 Å². The molecule has 9 rings (SSSR count). The van der Waals surface area contributed by atoms with Crippen LogP contribution in [0.2, 0.25) is 0 Å². The maximum atomic E-state index is 14.2. The Bertz CT molecular complexity index is 2170. The molecule has 1 saturated carbocycles. The number of imide groups is 1. The van der Waals surface area contributed by atoms with Gasteiger partial charge in [-0.15, -0.1) is 0 Å². The number of carbonyl (C=O) groups excluding carboxylic acids is 6. The molecule has 5 aliphatic heterocycles. The number of nitrogens with zero attached hydrogens (tertiary/aromatic N) is 9. The summed E-state index contributed by atoms with van der Waals surface area (Å²) in [6, 6.07) is 4.54. The number of primary amides is 1. The van der Waals surface area contributed by atoms with Crippen LogP contribution in [0.1, 0.15) is 93.8 Å². The summed E-state index contributed by atoms with van der Waals surface area (Å²) in [5, 5.41) is 4.23. The van der Waals surface area contributed by atoms with E-state index < -0.39 is 23.8 Å². The minimum Gasteiger partial charge on any atom is -0.371 e. The summed E-state index contributed by atoms with van der Waals surface area (Å²) in [5.41, 5.74) is 8.44. The Morgan fingerprint density at radius 3 is 2.42 bits per heavy atom. The molecule has 3 aromatic rings. The molecule has 2 atom stereocenters. The van der Waals surface area contributed by atoms with Gasteiger partial charge in [0.15, 0.2) is 5.78 Å². The number of ketones is 2. The number of likely N-dealkylation sites (tertiary alicyclic amines) is 2. The second kappa shape index (κ2) is 14.5.